The third kappa shape index (κ3) is 6.57. The molecule has 3 nitrogen and oxygen atoms in total. The van der Waals surface area contributed by atoms with Gasteiger partial charge in [-0.05, 0) is 43.8 Å². The highest BCUT2D eigenvalue weighted by molar-refractivity contribution is 7.99. The summed E-state index contributed by atoms with van der Waals surface area (Å²) >= 11 is 1.87. The number of rotatable bonds is 13. The van der Waals surface area contributed by atoms with E-state index in [9.17, 15) is 10.2 Å². The minimum atomic E-state index is -0.403. The summed E-state index contributed by atoms with van der Waals surface area (Å²) in [7, 11) is 0. The minimum Gasteiger partial charge on any atom is -0.393 e. The number of aliphatic hydroxyl groups excluding tert-OH is 2. The average Bonchev–Trinajstić information content (AvgIpc) is 3.21. The Bertz CT molecular complexity index is 387. The second-order valence-electron chi connectivity index (χ2n) is 7.69. The maximum Gasteiger partial charge on any atom is 0.0777 e. The maximum absolute atomic E-state index is 10.7. The molecule has 25 heavy (non-hydrogen) atoms. The van der Waals surface area contributed by atoms with Gasteiger partial charge in [0.25, 0.3) is 0 Å². The molecule has 2 fully saturated rings. The lowest BCUT2D eigenvalue weighted by atomic mass is 9.73. The van der Waals surface area contributed by atoms with Crippen molar-refractivity contribution in [2.24, 2.45) is 11.8 Å². The van der Waals surface area contributed by atoms with Crippen molar-refractivity contribution in [2.75, 3.05) is 11.5 Å². The van der Waals surface area contributed by atoms with E-state index < -0.39 is 6.10 Å². The van der Waals surface area contributed by atoms with Crippen LogP contribution in [-0.4, -0.2) is 46.1 Å². The second-order valence-corrected chi connectivity index (χ2v) is 9.01. The molecule has 2 unspecified atom stereocenters. The zero-order chi connectivity index (χ0) is 18.1. The van der Waals surface area contributed by atoms with Crippen molar-refractivity contribution in [3.05, 3.63) is 12.2 Å². The van der Waals surface area contributed by atoms with E-state index in [1.165, 1.54) is 19.3 Å². The van der Waals surface area contributed by atoms with Crippen molar-refractivity contribution in [1.29, 1.82) is 0 Å². The second kappa shape index (κ2) is 11.6. The van der Waals surface area contributed by atoms with E-state index in [4.69, 9.17) is 4.74 Å². The summed E-state index contributed by atoms with van der Waals surface area (Å²) < 4.78 is 6.11. The van der Waals surface area contributed by atoms with Crippen molar-refractivity contribution in [3.8, 4) is 0 Å². The molecule has 2 aliphatic rings. The van der Waals surface area contributed by atoms with Gasteiger partial charge in [0.1, 0.15) is 0 Å². The van der Waals surface area contributed by atoms with Crippen LogP contribution in [0.5, 0.6) is 0 Å². The Kier molecular flexibility index (Phi) is 9.90. The number of ether oxygens (including phenoxy) is 1. The molecule has 0 aromatic carbocycles. The highest BCUT2D eigenvalue weighted by Crippen LogP contribution is 2.47. The number of aliphatic hydroxyl groups is 2. The van der Waals surface area contributed by atoms with Gasteiger partial charge in [0.2, 0.25) is 0 Å². The van der Waals surface area contributed by atoms with Crippen molar-refractivity contribution in [1.82, 2.24) is 0 Å². The first-order valence-electron chi connectivity index (χ1n) is 10.4. The predicted octanol–water partition coefficient (Wildman–Crippen LogP) is 4.56. The van der Waals surface area contributed by atoms with E-state index in [1.54, 1.807) is 0 Å². The van der Waals surface area contributed by atoms with Gasteiger partial charge in [-0.2, -0.15) is 11.8 Å². The van der Waals surface area contributed by atoms with Crippen molar-refractivity contribution in [2.45, 2.75) is 96.1 Å². The van der Waals surface area contributed by atoms with Gasteiger partial charge in [-0.25, -0.2) is 0 Å². The van der Waals surface area contributed by atoms with Crippen LogP contribution in [0.1, 0.15) is 71.6 Å². The van der Waals surface area contributed by atoms with Crippen molar-refractivity contribution in [3.63, 3.8) is 0 Å². The first-order valence-corrected chi connectivity index (χ1v) is 11.6. The molecule has 2 N–H and O–H groups in total. The highest BCUT2D eigenvalue weighted by Gasteiger charge is 2.50. The quantitative estimate of drug-likeness (QED) is 0.368. The minimum absolute atomic E-state index is 0.190. The largest absolute Gasteiger partial charge is 0.393 e. The molecule has 2 aliphatic heterocycles. The van der Waals surface area contributed by atoms with E-state index >= 15 is 0 Å². The van der Waals surface area contributed by atoms with Crippen LogP contribution in [0.2, 0.25) is 0 Å². The summed E-state index contributed by atoms with van der Waals surface area (Å²) in [6.45, 7) is 4.37. The molecule has 146 valence electrons. The number of unbranched alkanes of at least 4 members (excludes halogenated alkanes) is 3. The highest BCUT2D eigenvalue weighted by atomic mass is 32.2. The van der Waals surface area contributed by atoms with Crippen molar-refractivity contribution < 1.29 is 14.9 Å². The lowest BCUT2D eigenvalue weighted by molar-refractivity contribution is 0.0596. The molecule has 0 saturated carbocycles. The van der Waals surface area contributed by atoms with Gasteiger partial charge in [-0.1, -0.05) is 51.7 Å². The predicted molar refractivity (Wildman–Crippen MR) is 107 cm³/mol. The summed E-state index contributed by atoms with van der Waals surface area (Å²) in [5.74, 6) is 2.70. The number of fused-ring (bicyclic) bond motifs is 2. The first-order chi connectivity index (χ1) is 12.2. The molecule has 0 aromatic heterocycles. The third-order valence-electron chi connectivity index (χ3n) is 5.86. The van der Waals surface area contributed by atoms with Crippen LogP contribution in [0.25, 0.3) is 0 Å². The Morgan fingerprint density at radius 1 is 1.08 bits per heavy atom. The molecule has 0 radical (unpaired) electrons. The Labute approximate surface area is 158 Å². The van der Waals surface area contributed by atoms with Gasteiger partial charge in [0.15, 0.2) is 0 Å². The summed E-state index contributed by atoms with van der Waals surface area (Å²) in [6.07, 6.45) is 13.8. The Morgan fingerprint density at radius 3 is 2.64 bits per heavy atom. The van der Waals surface area contributed by atoms with Gasteiger partial charge < -0.3 is 14.9 Å². The molecule has 0 spiro atoms. The third-order valence-corrected chi connectivity index (χ3v) is 6.69. The molecule has 2 heterocycles. The zero-order valence-corrected chi connectivity index (χ0v) is 16.9. The molecule has 6 atom stereocenters. The topological polar surface area (TPSA) is 49.7 Å². The van der Waals surface area contributed by atoms with Gasteiger partial charge >= 0.3 is 0 Å². The van der Waals surface area contributed by atoms with E-state index in [1.807, 2.05) is 17.8 Å². The number of hydrogen-bond donors (Lipinski definition) is 2. The maximum atomic E-state index is 10.7. The van der Waals surface area contributed by atoms with Crippen LogP contribution < -0.4 is 0 Å². The summed E-state index contributed by atoms with van der Waals surface area (Å²) in [4.78, 5) is 0. The monoisotopic (exact) mass is 370 g/mol. The van der Waals surface area contributed by atoms with Crippen LogP contribution in [0.3, 0.4) is 0 Å². The molecule has 4 heteroatoms. The zero-order valence-electron chi connectivity index (χ0n) is 16.1. The number of thioether (sulfide) groups is 1. The molecule has 2 saturated heterocycles. The summed E-state index contributed by atoms with van der Waals surface area (Å²) in [6, 6.07) is 0. The van der Waals surface area contributed by atoms with Crippen LogP contribution >= 0.6 is 11.8 Å². The van der Waals surface area contributed by atoms with Crippen LogP contribution in [0, 0.1) is 11.8 Å². The first kappa shape index (κ1) is 21.3. The van der Waals surface area contributed by atoms with E-state index in [-0.39, 0.29) is 18.1 Å². The van der Waals surface area contributed by atoms with Gasteiger partial charge in [-0.3, -0.25) is 0 Å². The Hall–Kier alpha value is -0.0300. The van der Waals surface area contributed by atoms with E-state index in [0.717, 1.165) is 50.0 Å². The molecular weight excluding hydrogens is 332 g/mol. The lowest BCUT2D eigenvalue weighted by Gasteiger charge is -2.31. The molecule has 2 rings (SSSR count). The summed E-state index contributed by atoms with van der Waals surface area (Å²) in [5.41, 5.74) is 0. The SMILES string of the molecule is CCCCCCC(O)CC[C@@H]1C2CC[C@@H](O2)[C@@H]1[C@@H](O)C=CCSCC. The van der Waals surface area contributed by atoms with Gasteiger partial charge in [0.05, 0.1) is 24.4 Å². The molecule has 0 aliphatic carbocycles. The number of hydrogen-bond acceptors (Lipinski definition) is 4. The molecular formula is C21H38O3S. The fourth-order valence-corrected chi connectivity index (χ4v) is 4.99. The smallest absolute Gasteiger partial charge is 0.0777 e. The van der Waals surface area contributed by atoms with E-state index in [2.05, 4.69) is 19.9 Å². The summed E-state index contributed by atoms with van der Waals surface area (Å²) in [5, 5.41) is 21.0. The molecule has 0 aromatic rings. The standard InChI is InChI=1S/C21H38O3S/c1-3-5-6-7-9-16(22)11-12-17-19-13-14-20(24-19)21(17)18(23)10-8-15-25-4-2/h8,10,16-23H,3-7,9,11-15H2,1-2H3/t16?,17-,18+,19?,20-,21+/m1/s1. The molecule has 0 amide bonds. The van der Waals surface area contributed by atoms with Crippen molar-refractivity contribution >= 4 is 11.8 Å². The lowest BCUT2D eigenvalue weighted by Crippen LogP contribution is -2.36. The molecule has 2 bridgehead atoms. The van der Waals surface area contributed by atoms with Gasteiger partial charge in [-0.15, -0.1) is 0 Å². The van der Waals surface area contributed by atoms with Crippen LogP contribution in [0.4, 0.5) is 0 Å². The van der Waals surface area contributed by atoms with Crippen LogP contribution in [-0.2, 0) is 4.74 Å². The Balaban J connectivity index is 1.78. The Morgan fingerprint density at radius 2 is 1.88 bits per heavy atom. The van der Waals surface area contributed by atoms with Gasteiger partial charge in [0, 0.05) is 11.7 Å². The van der Waals surface area contributed by atoms with E-state index in [0.29, 0.717) is 12.0 Å². The fourth-order valence-electron chi connectivity index (χ4n) is 4.51. The average molecular weight is 371 g/mol. The van der Waals surface area contributed by atoms with Crippen LogP contribution in [0.15, 0.2) is 12.2 Å². The normalized spacial score (nSPS) is 31.0. The fraction of sp³-hybridized carbons (Fsp3) is 0.905.